The van der Waals surface area contributed by atoms with Crippen LogP contribution in [0.1, 0.15) is 25.7 Å². The summed E-state index contributed by atoms with van der Waals surface area (Å²) in [7, 11) is 0. The van der Waals surface area contributed by atoms with Gasteiger partial charge in [0.1, 0.15) is 6.10 Å². The van der Waals surface area contributed by atoms with Crippen LogP contribution in [0.15, 0.2) is 0 Å². The number of nitrogens with two attached hydrogens (primary N) is 1. The molecular formula is C9H19NO2. The Balaban J connectivity index is 1.70. The molecule has 0 aliphatic carbocycles. The van der Waals surface area contributed by atoms with Crippen molar-refractivity contribution in [2.24, 2.45) is 5.73 Å². The molecule has 12 heavy (non-hydrogen) atoms. The van der Waals surface area contributed by atoms with E-state index >= 15 is 0 Å². The van der Waals surface area contributed by atoms with Gasteiger partial charge in [0.2, 0.25) is 0 Å². The average Bonchev–Trinajstić information content (AvgIpc) is 2.00. The van der Waals surface area contributed by atoms with Crippen LogP contribution in [0.2, 0.25) is 0 Å². The molecule has 0 radical (unpaired) electrons. The minimum atomic E-state index is 0.388. The summed E-state index contributed by atoms with van der Waals surface area (Å²) in [5, 5.41) is 0. The van der Waals surface area contributed by atoms with Crippen LogP contribution >= 0.6 is 0 Å². The lowest BCUT2D eigenvalue weighted by atomic mass is 10.2. The summed E-state index contributed by atoms with van der Waals surface area (Å²) in [6.07, 6.45) is 5.17. The molecule has 0 aromatic rings. The lowest BCUT2D eigenvalue weighted by molar-refractivity contribution is -0.129. The summed E-state index contributed by atoms with van der Waals surface area (Å²) in [5.74, 6) is 0. The Bertz CT molecular complexity index is 105. The molecule has 0 unspecified atom stereocenters. The molecule has 1 saturated heterocycles. The third-order valence-corrected chi connectivity index (χ3v) is 2.06. The molecule has 72 valence electrons. The van der Waals surface area contributed by atoms with Crippen LogP contribution in [0.3, 0.4) is 0 Å². The first-order valence-electron chi connectivity index (χ1n) is 4.83. The van der Waals surface area contributed by atoms with Gasteiger partial charge in [0.15, 0.2) is 0 Å². The summed E-state index contributed by atoms with van der Waals surface area (Å²) in [6.45, 7) is 3.29. The maximum Gasteiger partial charge on any atom is 0.104 e. The van der Waals surface area contributed by atoms with Crippen molar-refractivity contribution in [1.82, 2.24) is 0 Å². The van der Waals surface area contributed by atoms with E-state index in [1.807, 2.05) is 0 Å². The van der Waals surface area contributed by atoms with Gasteiger partial charge in [-0.2, -0.15) is 0 Å². The zero-order valence-electron chi connectivity index (χ0n) is 7.63. The van der Waals surface area contributed by atoms with Crippen LogP contribution in [-0.4, -0.2) is 32.5 Å². The number of rotatable bonds is 7. The third-order valence-electron chi connectivity index (χ3n) is 2.06. The lowest BCUT2D eigenvalue weighted by Crippen LogP contribution is -2.36. The second-order valence-electron chi connectivity index (χ2n) is 3.23. The van der Waals surface area contributed by atoms with Gasteiger partial charge in [0.25, 0.3) is 0 Å². The van der Waals surface area contributed by atoms with Crippen LogP contribution in [-0.2, 0) is 9.47 Å². The molecule has 0 bridgehead atoms. The zero-order chi connectivity index (χ0) is 8.65. The van der Waals surface area contributed by atoms with Crippen molar-refractivity contribution in [2.45, 2.75) is 31.8 Å². The van der Waals surface area contributed by atoms with E-state index in [4.69, 9.17) is 15.2 Å². The number of ether oxygens (including phenoxy) is 2. The van der Waals surface area contributed by atoms with E-state index in [9.17, 15) is 0 Å². The van der Waals surface area contributed by atoms with Crippen molar-refractivity contribution < 1.29 is 9.47 Å². The quantitative estimate of drug-likeness (QED) is 0.582. The van der Waals surface area contributed by atoms with Crippen LogP contribution in [0, 0.1) is 0 Å². The van der Waals surface area contributed by atoms with Gasteiger partial charge in [-0.05, 0) is 19.4 Å². The summed E-state index contributed by atoms with van der Waals surface area (Å²) >= 11 is 0. The van der Waals surface area contributed by atoms with Crippen LogP contribution in [0.5, 0.6) is 0 Å². The van der Waals surface area contributed by atoms with E-state index in [0.29, 0.717) is 6.10 Å². The molecule has 0 atom stereocenters. The Kier molecular flexibility index (Phi) is 5.32. The molecule has 0 amide bonds. The normalized spacial score (nSPS) is 17.8. The standard InChI is InChI=1S/C9H19NO2/c10-5-3-1-2-4-6-12-9-7-11-8-9/h9H,1-8,10H2. The molecule has 1 fully saturated rings. The minimum Gasteiger partial charge on any atom is -0.376 e. The minimum absolute atomic E-state index is 0.388. The first-order valence-corrected chi connectivity index (χ1v) is 4.83. The van der Waals surface area contributed by atoms with Crippen molar-refractivity contribution in [3.05, 3.63) is 0 Å². The highest BCUT2D eigenvalue weighted by molar-refractivity contribution is 4.63. The third kappa shape index (κ3) is 4.04. The number of hydrogen-bond donors (Lipinski definition) is 1. The molecule has 0 saturated carbocycles. The smallest absolute Gasteiger partial charge is 0.104 e. The van der Waals surface area contributed by atoms with Gasteiger partial charge in [-0.1, -0.05) is 12.8 Å². The van der Waals surface area contributed by atoms with E-state index in [1.165, 1.54) is 12.8 Å². The van der Waals surface area contributed by atoms with Gasteiger partial charge in [-0.3, -0.25) is 0 Å². The van der Waals surface area contributed by atoms with Crippen LogP contribution in [0.4, 0.5) is 0 Å². The summed E-state index contributed by atoms with van der Waals surface area (Å²) in [5.41, 5.74) is 5.37. The largest absolute Gasteiger partial charge is 0.376 e. The van der Waals surface area contributed by atoms with Gasteiger partial charge in [-0.25, -0.2) is 0 Å². The van der Waals surface area contributed by atoms with Crippen molar-refractivity contribution >= 4 is 0 Å². The van der Waals surface area contributed by atoms with E-state index < -0.39 is 0 Å². The maximum absolute atomic E-state index is 5.50. The second-order valence-corrected chi connectivity index (χ2v) is 3.23. The van der Waals surface area contributed by atoms with Crippen molar-refractivity contribution in [1.29, 1.82) is 0 Å². The summed E-state index contributed by atoms with van der Waals surface area (Å²) in [6, 6.07) is 0. The predicted molar refractivity (Wildman–Crippen MR) is 48.1 cm³/mol. The van der Waals surface area contributed by atoms with E-state index in [0.717, 1.165) is 39.2 Å². The van der Waals surface area contributed by atoms with E-state index in [-0.39, 0.29) is 0 Å². The fraction of sp³-hybridized carbons (Fsp3) is 1.00. The Hall–Kier alpha value is -0.120. The summed E-state index contributed by atoms with van der Waals surface area (Å²) < 4.78 is 10.5. The Morgan fingerprint density at radius 3 is 2.50 bits per heavy atom. The maximum atomic E-state index is 5.50. The highest BCUT2D eigenvalue weighted by Crippen LogP contribution is 2.07. The van der Waals surface area contributed by atoms with Gasteiger partial charge < -0.3 is 15.2 Å². The van der Waals surface area contributed by atoms with Crippen molar-refractivity contribution in [3.8, 4) is 0 Å². The SMILES string of the molecule is NCCCCCCOC1COC1. The molecule has 1 rings (SSSR count). The van der Waals surface area contributed by atoms with Gasteiger partial charge in [0, 0.05) is 6.61 Å². The first-order chi connectivity index (χ1) is 5.93. The molecule has 1 aliphatic rings. The van der Waals surface area contributed by atoms with Crippen molar-refractivity contribution in [3.63, 3.8) is 0 Å². The lowest BCUT2D eigenvalue weighted by Gasteiger charge is -2.25. The zero-order valence-corrected chi connectivity index (χ0v) is 7.63. The molecule has 1 heterocycles. The fourth-order valence-corrected chi connectivity index (χ4v) is 1.16. The molecule has 3 nitrogen and oxygen atoms in total. The average molecular weight is 173 g/mol. The van der Waals surface area contributed by atoms with Gasteiger partial charge >= 0.3 is 0 Å². The molecular weight excluding hydrogens is 154 g/mol. The molecule has 2 N–H and O–H groups in total. The fourth-order valence-electron chi connectivity index (χ4n) is 1.16. The summed E-state index contributed by atoms with van der Waals surface area (Å²) in [4.78, 5) is 0. The highest BCUT2D eigenvalue weighted by atomic mass is 16.6. The Morgan fingerprint density at radius 2 is 1.92 bits per heavy atom. The highest BCUT2D eigenvalue weighted by Gasteiger charge is 2.17. The van der Waals surface area contributed by atoms with Crippen molar-refractivity contribution in [2.75, 3.05) is 26.4 Å². The molecule has 3 heteroatoms. The second kappa shape index (κ2) is 6.40. The number of unbranched alkanes of at least 4 members (excludes halogenated alkanes) is 3. The molecule has 0 aromatic heterocycles. The Morgan fingerprint density at radius 1 is 1.17 bits per heavy atom. The van der Waals surface area contributed by atoms with Gasteiger partial charge in [-0.15, -0.1) is 0 Å². The predicted octanol–water partition coefficient (Wildman–Crippen LogP) is 0.921. The molecule has 0 spiro atoms. The first kappa shape index (κ1) is 9.96. The molecule has 0 aromatic carbocycles. The van der Waals surface area contributed by atoms with Gasteiger partial charge in [0.05, 0.1) is 13.2 Å². The van der Waals surface area contributed by atoms with E-state index in [1.54, 1.807) is 0 Å². The monoisotopic (exact) mass is 173 g/mol. The molecule has 1 aliphatic heterocycles. The topological polar surface area (TPSA) is 44.5 Å². The van der Waals surface area contributed by atoms with E-state index in [2.05, 4.69) is 0 Å². The van der Waals surface area contributed by atoms with Crippen LogP contribution < -0.4 is 5.73 Å². The van der Waals surface area contributed by atoms with Crippen LogP contribution in [0.25, 0.3) is 0 Å². The Labute approximate surface area is 74.2 Å². The number of hydrogen-bond acceptors (Lipinski definition) is 3.